The number of rotatable bonds is 4. The van der Waals surface area contributed by atoms with Crippen LogP contribution in [0.1, 0.15) is 35.3 Å². The molecule has 0 saturated heterocycles. The van der Waals surface area contributed by atoms with Crippen molar-refractivity contribution in [3.8, 4) is 0 Å². The Morgan fingerprint density at radius 1 is 1.25 bits per heavy atom. The highest BCUT2D eigenvalue weighted by Gasteiger charge is 2.16. The van der Waals surface area contributed by atoms with Crippen LogP contribution >= 0.6 is 11.6 Å². The highest BCUT2D eigenvalue weighted by molar-refractivity contribution is 6.33. The van der Waals surface area contributed by atoms with E-state index in [2.05, 4.69) is 5.32 Å². The van der Waals surface area contributed by atoms with Crippen LogP contribution in [0.3, 0.4) is 0 Å². The van der Waals surface area contributed by atoms with Crippen molar-refractivity contribution in [3.05, 3.63) is 70.5 Å². The van der Waals surface area contributed by atoms with E-state index in [0.717, 1.165) is 18.1 Å². The average molecular weight is 292 g/mol. The number of nitrogens with one attached hydrogen (secondary N) is 1. The molecule has 1 amide bonds. The smallest absolute Gasteiger partial charge is 0.253 e. The van der Waals surface area contributed by atoms with Gasteiger partial charge in [0.05, 0.1) is 16.6 Å². The van der Waals surface area contributed by atoms with Gasteiger partial charge in [-0.05, 0) is 30.2 Å². The lowest BCUT2D eigenvalue weighted by Crippen LogP contribution is -2.28. The summed E-state index contributed by atoms with van der Waals surface area (Å²) in [5, 5.41) is 3.03. The van der Waals surface area contributed by atoms with E-state index in [1.165, 1.54) is 12.1 Å². The minimum absolute atomic E-state index is 0.0928. The Hall–Kier alpha value is -1.87. The molecule has 0 aliphatic carbocycles. The van der Waals surface area contributed by atoms with Gasteiger partial charge in [-0.25, -0.2) is 4.39 Å². The zero-order valence-electron chi connectivity index (χ0n) is 11.1. The monoisotopic (exact) mass is 291 g/mol. The van der Waals surface area contributed by atoms with Crippen molar-refractivity contribution in [3.63, 3.8) is 0 Å². The largest absolute Gasteiger partial charge is 0.345 e. The fourth-order valence-corrected chi connectivity index (χ4v) is 2.27. The van der Waals surface area contributed by atoms with Gasteiger partial charge in [0, 0.05) is 0 Å². The van der Waals surface area contributed by atoms with E-state index in [9.17, 15) is 9.18 Å². The van der Waals surface area contributed by atoms with E-state index in [-0.39, 0.29) is 22.5 Å². The van der Waals surface area contributed by atoms with Crippen molar-refractivity contribution in [1.29, 1.82) is 0 Å². The van der Waals surface area contributed by atoms with E-state index in [1.807, 2.05) is 37.3 Å². The zero-order chi connectivity index (χ0) is 14.5. The third kappa shape index (κ3) is 3.36. The molecule has 0 radical (unpaired) electrons. The molecule has 0 aliphatic rings. The summed E-state index contributed by atoms with van der Waals surface area (Å²) < 4.78 is 13.0. The van der Waals surface area contributed by atoms with Gasteiger partial charge in [0.15, 0.2) is 0 Å². The second-order valence-electron chi connectivity index (χ2n) is 4.47. The lowest BCUT2D eigenvalue weighted by atomic mass is 10.0. The number of halogens is 2. The van der Waals surface area contributed by atoms with Crippen molar-refractivity contribution in [2.24, 2.45) is 0 Å². The Balaban J connectivity index is 2.17. The highest BCUT2D eigenvalue weighted by atomic mass is 35.5. The van der Waals surface area contributed by atoms with Gasteiger partial charge < -0.3 is 5.32 Å². The molecule has 0 unspecified atom stereocenters. The molecule has 0 bridgehead atoms. The van der Waals surface area contributed by atoms with E-state index in [0.29, 0.717) is 0 Å². The summed E-state index contributed by atoms with van der Waals surface area (Å²) in [5.74, 6) is -0.757. The fourth-order valence-electron chi connectivity index (χ4n) is 2.02. The molecule has 2 rings (SSSR count). The first-order valence-corrected chi connectivity index (χ1v) is 6.80. The quantitative estimate of drug-likeness (QED) is 0.891. The number of hydrogen-bond acceptors (Lipinski definition) is 1. The van der Waals surface area contributed by atoms with Crippen LogP contribution in [-0.4, -0.2) is 5.91 Å². The van der Waals surface area contributed by atoms with E-state index >= 15 is 0 Å². The zero-order valence-corrected chi connectivity index (χ0v) is 11.8. The molecule has 4 heteroatoms. The van der Waals surface area contributed by atoms with E-state index in [1.54, 1.807) is 0 Å². The fraction of sp³-hybridized carbons (Fsp3) is 0.188. The van der Waals surface area contributed by atoms with Crippen LogP contribution in [0.4, 0.5) is 4.39 Å². The maximum atomic E-state index is 13.0. The van der Waals surface area contributed by atoms with Crippen molar-refractivity contribution in [2.75, 3.05) is 0 Å². The van der Waals surface area contributed by atoms with Gasteiger partial charge >= 0.3 is 0 Å². The second kappa shape index (κ2) is 6.53. The molecule has 0 saturated carbocycles. The summed E-state index contributed by atoms with van der Waals surface area (Å²) >= 11 is 5.90. The van der Waals surface area contributed by atoms with Crippen LogP contribution < -0.4 is 5.32 Å². The van der Waals surface area contributed by atoms with Gasteiger partial charge in [0.2, 0.25) is 0 Å². The van der Waals surface area contributed by atoms with Crippen LogP contribution in [0.5, 0.6) is 0 Å². The number of carbonyl (C=O) groups excluding carboxylic acids is 1. The molecule has 0 aliphatic heterocycles. The van der Waals surface area contributed by atoms with Gasteiger partial charge in [-0.3, -0.25) is 4.79 Å². The lowest BCUT2D eigenvalue weighted by molar-refractivity contribution is 0.0935. The van der Waals surface area contributed by atoms with Crippen molar-refractivity contribution >= 4 is 17.5 Å². The molecule has 0 aromatic heterocycles. The first kappa shape index (κ1) is 14.5. The summed E-state index contributed by atoms with van der Waals surface area (Å²) in [6, 6.07) is 13.4. The highest BCUT2D eigenvalue weighted by Crippen LogP contribution is 2.20. The predicted molar refractivity (Wildman–Crippen MR) is 78.4 cm³/mol. The van der Waals surface area contributed by atoms with Crippen molar-refractivity contribution in [1.82, 2.24) is 5.32 Å². The minimum atomic E-state index is -0.457. The van der Waals surface area contributed by atoms with Gasteiger partial charge in [0.25, 0.3) is 5.91 Å². The molecule has 2 nitrogen and oxygen atoms in total. The summed E-state index contributed by atoms with van der Waals surface area (Å²) in [7, 11) is 0. The second-order valence-corrected chi connectivity index (χ2v) is 4.88. The summed E-state index contributed by atoms with van der Waals surface area (Å²) in [5.41, 5.74) is 1.31. The van der Waals surface area contributed by atoms with E-state index < -0.39 is 5.82 Å². The Labute approximate surface area is 122 Å². The SMILES string of the molecule is CC[C@@H](NC(=O)c1ccc(F)cc1Cl)c1ccccc1. The molecule has 20 heavy (non-hydrogen) atoms. The number of amides is 1. The van der Waals surface area contributed by atoms with Crippen LogP contribution in [0, 0.1) is 5.82 Å². The Bertz CT molecular complexity index is 601. The number of benzene rings is 2. The molecule has 104 valence electrons. The molecular weight excluding hydrogens is 277 g/mol. The molecular formula is C16H15ClFNO. The molecule has 2 aromatic carbocycles. The standard InChI is InChI=1S/C16H15ClFNO/c1-2-15(11-6-4-3-5-7-11)19-16(20)13-9-8-12(18)10-14(13)17/h3-10,15H,2H2,1H3,(H,19,20)/t15-/m1/s1. The van der Waals surface area contributed by atoms with Gasteiger partial charge in [-0.15, -0.1) is 0 Å². The molecule has 1 N–H and O–H groups in total. The first-order chi connectivity index (χ1) is 9.61. The van der Waals surface area contributed by atoms with Gasteiger partial charge in [-0.1, -0.05) is 48.9 Å². The maximum absolute atomic E-state index is 13.0. The summed E-state index contributed by atoms with van der Waals surface area (Å²) in [4.78, 5) is 12.2. The van der Waals surface area contributed by atoms with Crippen LogP contribution in [-0.2, 0) is 0 Å². The Morgan fingerprint density at radius 2 is 1.95 bits per heavy atom. The molecule has 0 fully saturated rings. The first-order valence-electron chi connectivity index (χ1n) is 6.42. The van der Waals surface area contributed by atoms with Crippen molar-refractivity contribution < 1.29 is 9.18 Å². The van der Waals surface area contributed by atoms with Crippen LogP contribution in [0.15, 0.2) is 48.5 Å². The minimum Gasteiger partial charge on any atom is -0.345 e. The summed E-state index contributed by atoms with van der Waals surface area (Å²) in [6.45, 7) is 1.99. The third-order valence-electron chi connectivity index (χ3n) is 3.09. The maximum Gasteiger partial charge on any atom is 0.253 e. The van der Waals surface area contributed by atoms with E-state index in [4.69, 9.17) is 11.6 Å². The number of hydrogen-bond donors (Lipinski definition) is 1. The van der Waals surface area contributed by atoms with Crippen LogP contribution in [0.2, 0.25) is 5.02 Å². The van der Waals surface area contributed by atoms with Crippen molar-refractivity contribution in [2.45, 2.75) is 19.4 Å². The van der Waals surface area contributed by atoms with Gasteiger partial charge in [0.1, 0.15) is 5.82 Å². The lowest BCUT2D eigenvalue weighted by Gasteiger charge is -2.17. The molecule has 0 heterocycles. The van der Waals surface area contributed by atoms with Gasteiger partial charge in [-0.2, -0.15) is 0 Å². The molecule has 2 aromatic rings. The number of carbonyl (C=O) groups is 1. The Kier molecular flexibility index (Phi) is 4.74. The average Bonchev–Trinajstić information content (AvgIpc) is 2.45. The molecule has 0 spiro atoms. The Morgan fingerprint density at radius 3 is 2.55 bits per heavy atom. The topological polar surface area (TPSA) is 29.1 Å². The predicted octanol–water partition coefficient (Wildman–Crippen LogP) is 4.36. The summed E-state index contributed by atoms with van der Waals surface area (Å²) in [6.07, 6.45) is 0.758. The van der Waals surface area contributed by atoms with Crippen LogP contribution in [0.25, 0.3) is 0 Å². The molecule has 1 atom stereocenters. The third-order valence-corrected chi connectivity index (χ3v) is 3.40. The normalized spacial score (nSPS) is 11.9.